The van der Waals surface area contributed by atoms with Gasteiger partial charge in [-0.1, -0.05) is 18.9 Å². The van der Waals surface area contributed by atoms with E-state index in [2.05, 4.69) is 28.1 Å². The monoisotopic (exact) mass is 395 g/mol. The van der Waals surface area contributed by atoms with Gasteiger partial charge in [0.25, 0.3) is 5.91 Å². The zero-order valence-electron chi connectivity index (χ0n) is 17.1. The second-order valence-corrected chi connectivity index (χ2v) is 7.80. The number of carbonyl (C=O) groups is 1. The van der Waals surface area contributed by atoms with Crippen molar-refractivity contribution in [3.8, 4) is 11.6 Å². The third kappa shape index (κ3) is 4.88. The van der Waals surface area contributed by atoms with Gasteiger partial charge in [-0.05, 0) is 49.7 Å². The van der Waals surface area contributed by atoms with E-state index in [9.17, 15) is 4.79 Å². The lowest BCUT2D eigenvalue weighted by Crippen LogP contribution is -2.32. The van der Waals surface area contributed by atoms with E-state index in [1.54, 1.807) is 25.4 Å². The molecule has 1 aromatic carbocycles. The van der Waals surface area contributed by atoms with Gasteiger partial charge in [-0.2, -0.15) is 0 Å². The van der Waals surface area contributed by atoms with Gasteiger partial charge in [-0.15, -0.1) is 0 Å². The van der Waals surface area contributed by atoms with Crippen LogP contribution in [-0.2, 0) is 13.1 Å². The van der Waals surface area contributed by atoms with Gasteiger partial charge in [0.05, 0.1) is 19.2 Å². The van der Waals surface area contributed by atoms with E-state index >= 15 is 0 Å². The Morgan fingerprint density at radius 1 is 1.10 bits per heavy atom. The number of fused-ring (bicyclic) bond motifs is 1. The van der Waals surface area contributed by atoms with Crippen LogP contribution in [0.25, 0.3) is 0 Å². The summed E-state index contributed by atoms with van der Waals surface area (Å²) in [5.41, 5.74) is 2.93. The van der Waals surface area contributed by atoms with Crippen LogP contribution in [0.4, 0.5) is 0 Å². The molecule has 6 heteroatoms. The maximum absolute atomic E-state index is 13.0. The molecule has 1 amide bonds. The minimum atomic E-state index is -0.0328. The van der Waals surface area contributed by atoms with Crippen molar-refractivity contribution in [3.05, 3.63) is 53.2 Å². The van der Waals surface area contributed by atoms with Crippen molar-refractivity contribution in [1.82, 2.24) is 14.8 Å². The zero-order valence-corrected chi connectivity index (χ0v) is 17.1. The highest BCUT2D eigenvalue weighted by molar-refractivity contribution is 5.94. The first-order valence-electron chi connectivity index (χ1n) is 10.5. The number of ether oxygens (including phenoxy) is 2. The van der Waals surface area contributed by atoms with Crippen LogP contribution in [-0.4, -0.2) is 54.0 Å². The topological polar surface area (TPSA) is 54.9 Å². The van der Waals surface area contributed by atoms with Crippen molar-refractivity contribution in [2.24, 2.45) is 0 Å². The summed E-state index contributed by atoms with van der Waals surface area (Å²) in [4.78, 5) is 21.5. The molecule has 6 nitrogen and oxygen atoms in total. The van der Waals surface area contributed by atoms with Crippen LogP contribution in [0.5, 0.6) is 11.6 Å². The standard InChI is InChI=1S/C23H29N3O3/c1-28-22-9-7-19(15-24-22)23(27)26-12-13-29-21-8-6-18(14-20(21)17-26)16-25-10-4-2-3-5-11-25/h6-9,14-15H,2-5,10-13,16-17H2,1H3. The minimum absolute atomic E-state index is 0.0328. The molecule has 3 heterocycles. The molecular formula is C23H29N3O3. The molecule has 0 saturated carbocycles. The Bertz CT molecular complexity index is 830. The molecule has 29 heavy (non-hydrogen) atoms. The predicted molar refractivity (Wildman–Crippen MR) is 111 cm³/mol. The van der Waals surface area contributed by atoms with Crippen molar-refractivity contribution in [2.45, 2.75) is 38.8 Å². The molecule has 1 saturated heterocycles. The van der Waals surface area contributed by atoms with E-state index in [0.29, 0.717) is 31.1 Å². The molecular weight excluding hydrogens is 366 g/mol. The number of rotatable bonds is 4. The summed E-state index contributed by atoms with van der Waals surface area (Å²) in [5.74, 6) is 1.35. The molecule has 0 unspecified atom stereocenters. The van der Waals surface area contributed by atoms with Crippen LogP contribution in [0, 0.1) is 0 Å². The predicted octanol–water partition coefficient (Wildman–Crippen LogP) is 3.50. The maximum Gasteiger partial charge on any atom is 0.255 e. The molecule has 0 aliphatic carbocycles. The van der Waals surface area contributed by atoms with Crippen LogP contribution < -0.4 is 9.47 Å². The molecule has 0 radical (unpaired) electrons. The fourth-order valence-electron chi connectivity index (χ4n) is 4.08. The van der Waals surface area contributed by atoms with Crippen molar-refractivity contribution >= 4 is 5.91 Å². The summed E-state index contributed by atoms with van der Waals surface area (Å²) < 4.78 is 11.0. The van der Waals surface area contributed by atoms with E-state index in [1.165, 1.54) is 44.3 Å². The van der Waals surface area contributed by atoms with Gasteiger partial charge in [-0.25, -0.2) is 4.98 Å². The summed E-state index contributed by atoms with van der Waals surface area (Å²) in [6.07, 6.45) is 6.82. The van der Waals surface area contributed by atoms with Crippen molar-refractivity contribution in [3.63, 3.8) is 0 Å². The van der Waals surface area contributed by atoms with Crippen LogP contribution in [0.15, 0.2) is 36.5 Å². The molecule has 0 bridgehead atoms. The van der Waals surface area contributed by atoms with Gasteiger partial charge >= 0.3 is 0 Å². The number of benzene rings is 1. The molecule has 1 fully saturated rings. The van der Waals surface area contributed by atoms with Crippen LogP contribution in [0.3, 0.4) is 0 Å². The normalized spacial score (nSPS) is 17.6. The molecule has 154 valence electrons. The van der Waals surface area contributed by atoms with Gasteiger partial charge in [0, 0.05) is 30.9 Å². The lowest BCUT2D eigenvalue weighted by atomic mass is 10.1. The number of likely N-dealkylation sites (tertiary alicyclic amines) is 1. The number of pyridine rings is 1. The van der Waals surface area contributed by atoms with Crippen molar-refractivity contribution in [2.75, 3.05) is 33.4 Å². The molecule has 0 spiro atoms. The lowest BCUT2D eigenvalue weighted by molar-refractivity contribution is 0.0732. The first-order valence-corrected chi connectivity index (χ1v) is 10.5. The van der Waals surface area contributed by atoms with Crippen molar-refractivity contribution in [1.29, 1.82) is 0 Å². The first-order chi connectivity index (χ1) is 14.2. The highest BCUT2D eigenvalue weighted by Gasteiger charge is 2.22. The van der Waals surface area contributed by atoms with E-state index in [1.807, 2.05) is 4.90 Å². The molecule has 0 N–H and O–H groups in total. The quantitative estimate of drug-likeness (QED) is 0.793. The average Bonchev–Trinajstić information content (AvgIpc) is 3.14. The summed E-state index contributed by atoms with van der Waals surface area (Å²) in [7, 11) is 1.57. The van der Waals surface area contributed by atoms with Crippen LogP contribution >= 0.6 is 0 Å². The van der Waals surface area contributed by atoms with E-state index < -0.39 is 0 Å². The van der Waals surface area contributed by atoms with Gasteiger partial charge in [0.2, 0.25) is 5.88 Å². The Kier molecular flexibility index (Phi) is 6.30. The average molecular weight is 396 g/mol. The smallest absolute Gasteiger partial charge is 0.255 e. The number of carbonyl (C=O) groups excluding carboxylic acids is 1. The number of amides is 1. The third-order valence-corrected chi connectivity index (χ3v) is 5.69. The first kappa shape index (κ1) is 19.7. The Hall–Kier alpha value is -2.60. The fraction of sp³-hybridized carbons (Fsp3) is 0.478. The number of aromatic nitrogens is 1. The Morgan fingerprint density at radius 3 is 2.66 bits per heavy atom. The summed E-state index contributed by atoms with van der Waals surface area (Å²) >= 11 is 0. The fourth-order valence-corrected chi connectivity index (χ4v) is 4.08. The number of hydrogen-bond donors (Lipinski definition) is 0. The summed E-state index contributed by atoms with van der Waals surface area (Å²) in [6, 6.07) is 9.91. The minimum Gasteiger partial charge on any atom is -0.491 e. The second-order valence-electron chi connectivity index (χ2n) is 7.80. The van der Waals surface area contributed by atoms with E-state index in [4.69, 9.17) is 9.47 Å². The van der Waals surface area contributed by atoms with E-state index in [0.717, 1.165) is 17.9 Å². The third-order valence-electron chi connectivity index (χ3n) is 5.69. The number of methoxy groups -OCH3 is 1. The van der Waals surface area contributed by atoms with Crippen molar-refractivity contribution < 1.29 is 14.3 Å². The number of hydrogen-bond acceptors (Lipinski definition) is 5. The van der Waals surface area contributed by atoms with Gasteiger partial charge in [0.1, 0.15) is 12.4 Å². The lowest BCUT2D eigenvalue weighted by Gasteiger charge is -2.22. The highest BCUT2D eigenvalue weighted by Crippen LogP contribution is 2.26. The van der Waals surface area contributed by atoms with Crippen LogP contribution in [0.2, 0.25) is 0 Å². The largest absolute Gasteiger partial charge is 0.491 e. The molecule has 1 aromatic heterocycles. The molecule has 2 aliphatic rings. The second kappa shape index (κ2) is 9.27. The zero-order chi connectivity index (χ0) is 20.1. The van der Waals surface area contributed by atoms with Gasteiger partial charge in [0.15, 0.2) is 0 Å². The highest BCUT2D eigenvalue weighted by atomic mass is 16.5. The van der Waals surface area contributed by atoms with Gasteiger partial charge < -0.3 is 14.4 Å². The summed E-state index contributed by atoms with van der Waals surface area (Å²) in [5, 5.41) is 0. The molecule has 4 rings (SSSR count). The van der Waals surface area contributed by atoms with Gasteiger partial charge in [-0.3, -0.25) is 9.69 Å². The molecule has 0 atom stereocenters. The number of nitrogens with zero attached hydrogens (tertiary/aromatic N) is 3. The van der Waals surface area contributed by atoms with E-state index in [-0.39, 0.29) is 5.91 Å². The van der Waals surface area contributed by atoms with Crippen LogP contribution in [0.1, 0.15) is 47.2 Å². The molecule has 2 aliphatic heterocycles. The SMILES string of the molecule is COc1ccc(C(=O)N2CCOc3ccc(CN4CCCCCC4)cc3C2)cn1. The maximum atomic E-state index is 13.0. The Labute approximate surface area is 172 Å². The molecule has 2 aromatic rings. The summed E-state index contributed by atoms with van der Waals surface area (Å²) in [6.45, 7) is 4.90. The Morgan fingerprint density at radius 2 is 1.93 bits per heavy atom. The Balaban J connectivity index is 1.48.